The lowest BCUT2D eigenvalue weighted by Gasteiger charge is -2.36. The predicted molar refractivity (Wildman–Crippen MR) is 66.0 cm³/mol. The summed E-state index contributed by atoms with van der Waals surface area (Å²) in [5.41, 5.74) is 0. The van der Waals surface area contributed by atoms with Gasteiger partial charge in [0.25, 0.3) is 0 Å². The van der Waals surface area contributed by atoms with Crippen LogP contribution in [-0.4, -0.2) is 12.1 Å². The normalized spacial score (nSPS) is 30.1. The molecule has 0 N–H and O–H groups in total. The smallest absolute Gasteiger partial charge is 0.309 e. The van der Waals surface area contributed by atoms with E-state index in [0.29, 0.717) is 24.2 Å². The Bertz CT molecular complexity index is 245. The summed E-state index contributed by atoms with van der Waals surface area (Å²) in [7, 11) is 0. The van der Waals surface area contributed by atoms with E-state index in [1.54, 1.807) is 6.08 Å². The van der Waals surface area contributed by atoms with Crippen LogP contribution in [0.15, 0.2) is 12.7 Å². The van der Waals surface area contributed by atoms with Crippen molar-refractivity contribution in [2.45, 2.75) is 52.6 Å². The van der Waals surface area contributed by atoms with E-state index in [-0.39, 0.29) is 12.1 Å². The van der Waals surface area contributed by atoms with Crippen LogP contribution < -0.4 is 0 Å². The first kappa shape index (κ1) is 13.3. The SMILES string of the molecule is C=CCC(=O)OC1CC(C)CCC1C(C)C. The number of carbonyl (C=O) groups is 1. The van der Waals surface area contributed by atoms with Gasteiger partial charge < -0.3 is 4.74 Å². The summed E-state index contributed by atoms with van der Waals surface area (Å²) in [6.45, 7) is 10.2. The highest BCUT2D eigenvalue weighted by Gasteiger charge is 2.32. The van der Waals surface area contributed by atoms with Gasteiger partial charge in [0, 0.05) is 0 Å². The zero-order chi connectivity index (χ0) is 12.1. The minimum absolute atomic E-state index is 0.121. The lowest BCUT2D eigenvalue weighted by molar-refractivity contribution is -0.154. The highest BCUT2D eigenvalue weighted by molar-refractivity contribution is 5.71. The Balaban J connectivity index is 2.57. The topological polar surface area (TPSA) is 26.3 Å². The van der Waals surface area contributed by atoms with E-state index in [1.807, 2.05) is 0 Å². The van der Waals surface area contributed by atoms with Crippen molar-refractivity contribution in [3.8, 4) is 0 Å². The van der Waals surface area contributed by atoms with E-state index in [9.17, 15) is 4.79 Å². The molecule has 0 spiro atoms. The van der Waals surface area contributed by atoms with Gasteiger partial charge in [-0.05, 0) is 30.6 Å². The fourth-order valence-corrected chi connectivity index (χ4v) is 2.59. The number of carbonyl (C=O) groups excluding carboxylic acids is 1. The Morgan fingerprint density at radius 2 is 2.19 bits per heavy atom. The molecule has 1 aliphatic rings. The standard InChI is InChI=1S/C14H24O2/c1-5-6-14(15)16-13-9-11(4)7-8-12(13)10(2)3/h5,10-13H,1,6-9H2,2-4H3. The zero-order valence-electron chi connectivity index (χ0n) is 10.7. The van der Waals surface area contributed by atoms with Gasteiger partial charge in [-0.25, -0.2) is 0 Å². The van der Waals surface area contributed by atoms with Crippen molar-refractivity contribution in [3.63, 3.8) is 0 Å². The van der Waals surface area contributed by atoms with Crippen molar-refractivity contribution in [1.29, 1.82) is 0 Å². The molecule has 1 fully saturated rings. The molecule has 0 aromatic heterocycles. The van der Waals surface area contributed by atoms with Crippen LogP contribution in [0.3, 0.4) is 0 Å². The van der Waals surface area contributed by atoms with E-state index < -0.39 is 0 Å². The lowest BCUT2D eigenvalue weighted by atomic mass is 9.75. The maximum Gasteiger partial charge on any atom is 0.309 e. The molecule has 3 unspecified atom stereocenters. The summed E-state index contributed by atoms with van der Waals surface area (Å²) in [6, 6.07) is 0. The van der Waals surface area contributed by atoms with Crippen LogP contribution in [0.1, 0.15) is 46.5 Å². The summed E-state index contributed by atoms with van der Waals surface area (Å²) in [5.74, 6) is 1.68. The molecule has 0 amide bonds. The second kappa shape index (κ2) is 6.07. The number of hydrogen-bond donors (Lipinski definition) is 0. The molecule has 1 aliphatic carbocycles. The molecular weight excluding hydrogens is 200 g/mol. The van der Waals surface area contributed by atoms with Gasteiger partial charge in [-0.3, -0.25) is 4.79 Å². The highest BCUT2D eigenvalue weighted by Crippen LogP contribution is 2.35. The second-order valence-electron chi connectivity index (χ2n) is 5.35. The highest BCUT2D eigenvalue weighted by atomic mass is 16.5. The predicted octanol–water partition coefficient (Wildman–Crippen LogP) is 3.57. The zero-order valence-corrected chi connectivity index (χ0v) is 10.7. The minimum atomic E-state index is -0.125. The Hall–Kier alpha value is -0.790. The van der Waals surface area contributed by atoms with Gasteiger partial charge in [-0.1, -0.05) is 33.3 Å². The van der Waals surface area contributed by atoms with Gasteiger partial charge in [0.2, 0.25) is 0 Å². The van der Waals surface area contributed by atoms with Crippen molar-refractivity contribution in [2.24, 2.45) is 17.8 Å². The van der Waals surface area contributed by atoms with E-state index >= 15 is 0 Å². The molecule has 2 nitrogen and oxygen atoms in total. The summed E-state index contributed by atoms with van der Waals surface area (Å²) >= 11 is 0. The Morgan fingerprint density at radius 3 is 2.75 bits per heavy atom. The van der Waals surface area contributed by atoms with Gasteiger partial charge in [0.05, 0.1) is 6.42 Å². The van der Waals surface area contributed by atoms with E-state index in [1.165, 1.54) is 12.8 Å². The average molecular weight is 224 g/mol. The molecule has 0 aliphatic heterocycles. The Labute approximate surface area is 99.1 Å². The van der Waals surface area contributed by atoms with Crippen molar-refractivity contribution in [2.75, 3.05) is 0 Å². The first-order chi connectivity index (χ1) is 7.54. The molecule has 0 bridgehead atoms. The fraction of sp³-hybridized carbons (Fsp3) is 0.786. The fourth-order valence-electron chi connectivity index (χ4n) is 2.59. The summed E-state index contributed by atoms with van der Waals surface area (Å²) < 4.78 is 5.57. The largest absolute Gasteiger partial charge is 0.462 e. The molecule has 92 valence electrons. The van der Waals surface area contributed by atoms with Crippen molar-refractivity contribution in [3.05, 3.63) is 12.7 Å². The van der Waals surface area contributed by atoms with E-state index in [2.05, 4.69) is 27.4 Å². The maximum absolute atomic E-state index is 11.5. The van der Waals surface area contributed by atoms with Gasteiger partial charge in [0.1, 0.15) is 6.10 Å². The van der Waals surface area contributed by atoms with Gasteiger partial charge >= 0.3 is 5.97 Å². The van der Waals surface area contributed by atoms with Gasteiger partial charge in [-0.15, -0.1) is 6.58 Å². The van der Waals surface area contributed by atoms with Crippen molar-refractivity contribution in [1.82, 2.24) is 0 Å². The summed E-state index contributed by atoms with van der Waals surface area (Å²) in [4.78, 5) is 11.5. The van der Waals surface area contributed by atoms with Crippen LogP contribution in [0.2, 0.25) is 0 Å². The van der Waals surface area contributed by atoms with Crippen molar-refractivity contribution >= 4 is 5.97 Å². The first-order valence-electron chi connectivity index (χ1n) is 6.35. The lowest BCUT2D eigenvalue weighted by Crippen LogP contribution is -2.35. The molecule has 3 atom stereocenters. The summed E-state index contributed by atoms with van der Waals surface area (Å²) in [5, 5.41) is 0. The third kappa shape index (κ3) is 3.66. The Morgan fingerprint density at radius 1 is 1.50 bits per heavy atom. The van der Waals surface area contributed by atoms with Crippen LogP contribution >= 0.6 is 0 Å². The molecule has 1 rings (SSSR count). The number of rotatable bonds is 4. The molecule has 0 saturated heterocycles. The molecule has 0 aromatic rings. The van der Waals surface area contributed by atoms with Crippen LogP contribution in [0.4, 0.5) is 0 Å². The summed E-state index contributed by atoms with van der Waals surface area (Å²) in [6.07, 6.45) is 5.53. The van der Waals surface area contributed by atoms with Crippen LogP contribution in [-0.2, 0) is 9.53 Å². The molecule has 0 aromatic carbocycles. The molecular formula is C14H24O2. The number of esters is 1. The molecule has 2 heteroatoms. The molecule has 16 heavy (non-hydrogen) atoms. The second-order valence-corrected chi connectivity index (χ2v) is 5.35. The van der Waals surface area contributed by atoms with Crippen LogP contribution in [0, 0.1) is 17.8 Å². The Kier molecular flexibility index (Phi) is 5.04. The van der Waals surface area contributed by atoms with E-state index in [0.717, 1.165) is 6.42 Å². The van der Waals surface area contributed by atoms with Crippen LogP contribution in [0.5, 0.6) is 0 Å². The first-order valence-corrected chi connectivity index (χ1v) is 6.35. The van der Waals surface area contributed by atoms with E-state index in [4.69, 9.17) is 4.74 Å². The number of ether oxygens (including phenoxy) is 1. The average Bonchev–Trinajstić information content (AvgIpc) is 2.17. The number of hydrogen-bond acceptors (Lipinski definition) is 2. The molecule has 1 saturated carbocycles. The van der Waals surface area contributed by atoms with Crippen LogP contribution in [0.25, 0.3) is 0 Å². The quantitative estimate of drug-likeness (QED) is 0.539. The van der Waals surface area contributed by atoms with Gasteiger partial charge in [0.15, 0.2) is 0 Å². The maximum atomic E-state index is 11.5. The molecule has 0 heterocycles. The van der Waals surface area contributed by atoms with Crippen molar-refractivity contribution < 1.29 is 9.53 Å². The third-order valence-electron chi connectivity index (χ3n) is 3.56. The minimum Gasteiger partial charge on any atom is -0.462 e. The molecule has 0 radical (unpaired) electrons. The monoisotopic (exact) mass is 224 g/mol. The third-order valence-corrected chi connectivity index (χ3v) is 3.56. The van der Waals surface area contributed by atoms with Gasteiger partial charge in [-0.2, -0.15) is 0 Å².